The smallest absolute Gasteiger partial charge is 0.481 e. The first-order chi connectivity index (χ1) is 11.9. The summed E-state index contributed by atoms with van der Waals surface area (Å²) < 4.78 is 21.7. The number of aliphatic carboxylic acids is 1. The summed E-state index contributed by atoms with van der Waals surface area (Å²) in [6, 6.07) is 0.660. The van der Waals surface area contributed by atoms with Gasteiger partial charge in [-0.25, -0.2) is 0 Å². The van der Waals surface area contributed by atoms with Crippen molar-refractivity contribution in [1.82, 2.24) is 0 Å². The third kappa shape index (κ3) is 18.0. The van der Waals surface area contributed by atoms with Gasteiger partial charge in [0.2, 0.25) is 0 Å². The lowest BCUT2D eigenvalue weighted by Crippen LogP contribution is -2.44. The largest absolute Gasteiger partial charge is 0.500 e. The number of carbonyl (C=O) groups is 2. The number of ether oxygens (including phenoxy) is 1. The normalized spacial score (nSPS) is 10.8. The molecule has 9 heteroatoms. The number of hydrogen-bond acceptors (Lipinski definition) is 7. The molecule has 0 atom stereocenters. The fourth-order valence-electron chi connectivity index (χ4n) is 1.59. The van der Waals surface area contributed by atoms with E-state index < -0.39 is 14.8 Å². The maximum absolute atomic E-state index is 10.7. The van der Waals surface area contributed by atoms with Crippen molar-refractivity contribution in [2.24, 2.45) is 0 Å². The van der Waals surface area contributed by atoms with E-state index in [2.05, 4.69) is 6.92 Å². The molecule has 0 heterocycles. The van der Waals surface area contributed by atoms with Crippen LogP contribution in [0.5, 0.6) is 0 Å². The number of esters is 1. The summed E-state index contributed by atoms with van der Waals surface area (Å²) in [7, 11) is 0.645. The molecule has 25 heavy (non-hydrogen) atoms. The van der Waals surface area contributed by atoms with E-state index in [1.54, 1.807) is 21.1 Å². The van der Waals surface area contributed by atoms with Gasteiger partial charge in [-0.1, -0.05) is 20.3 Å². The van der Waals surface area contributed by atoms with Crippen LogP contribution >= 0.6 is 11.8 Å². The van der Waals surface area contributed by atoms with Crippen LogP contribution in [0.1, 0.15) is 46.5 Å². The molecule has 0 spiro atoms. The Morgan fingerprint density at radius 2 is 1.64 bits per heavy atom. The van der Waals surface area contributed by atoms with Gasteiger partial charge in [0.15, 0.2) is 0 Å². The lowest BCUT2D eigenvalue weighted by Gasteiger charge is -2.26. The Bertz CT molecular complexity index is 338. The number of hydrogen-bond donors (Lipinski definition) is 1. The van der Waals surface area contributed by atoms with Crippen molar-refractivity contribution in [3.63, 3.8) is 0 Å². The number of carboxylic acid groups (broad SMARTS) is 1. The summed E-state index contributed by atoms with van der Waals surface area (Å²) in [5.41, 5.74) is 0. The van der Waals surface area contributed by atoms with Crippen molar-refractivity contribution < 1.29 is 32.7 Å². The van der Waals surface area contributed by atoms with Gasteiger partial charge in [-0.2, -0.15) is 11.8 Å². The van der Waals surface area contributed by atoms with Crippen molar-refractivity contribution in [2.45, 2.75) is 52.5 Å². The molecule has 0 saturated carbocycles. The van der Waals surface area contributed by atoms with Gasteiger partial charge in [-0.05, 0) is 18.6 Å². The van der Waals surface area contributed by atoms with Gasteiger partial charge in [-0.3, -0.25) is 9.59 Å². The minimum absolute atomic E-state index is 0.222. The van der Waals surface area contributed by atoms with Gasteiger partial charge in [0.25, 0.3) is 0 Å². The first-order valence-corrected chi connectivity index (χ1v) is 11.6. The zero-order chi connectivity index (χ0) is 19.6. The van der Waals surface area contributed by atoms with E-state index in [9.17, 15) is 9.59 Å². The van der Waals surface area contributed by atoms with E-state index in [0.29, 0.717) is 25.7 Å². The molecule has 0 amide bonds. The summed E-state index contributed by atoms with van der Waals surface area (Å²) >= 11 is 1.89. The summed E-state index contributed by atoms with van der Waals surface area (Å²) in [6.07, 6.45) is 3.37. The van der Waals surface area contributed by atoms with E-state index in [-0.39, 0.29) is 12.4 Å². The van der Waals surface area contributed by atoms with Gasteiger partial charge >= 0.3 is 20.7 Å². The molecule has 150 valence electrons. The minimum Gasteiger partial charge on any atom is -0.481 e. The van der Waals surface area contributed by atoms with Crippen LogP contribution in [0, 0.1) is 0 Å². The molecule has 1 N–H and O–H groups in total. The Hall–Kier alpha value is -0.613. The number of rotatable bonds is 14. The Morgan fingerprint density at radius 1 is 1.04 bits per heavy atom. The second-order valence-corrected chi connectivity index (χ2v) is 9.29. The second kappa shape index (κ2) is 18.2. The highest BCUT2D eigenvalue weighted by Gasteiger charge is 2.38. The number of carbonyl (C=O) groups excluding carboxylic acids is 1. The van der Waals surface area contributed by atoms with Crippen LogP contribution in [-0.2, 0) is 27.6 Å². The topological polar surface area (TPSA) is 91.3 Å². The quantitative estimate of drug-likeness (QED) is 0.271. The Kier molecular flexibility index (Phi) is 19.4. The fourth-order valence-corrected chi connectivity index (χ4v) is 4.58. The van der Waals surface area contributed by atoms with Gasteiger partial charge in [0.1, 0.15) is 0 Å². The van der Waals surface area contributed by atoms with Crippen molar-refractivity contribution in [1.29, 1.82) is 0 Å². The number of carboxylic acids is 1. The van der Waals surface area contributed by atoms with E-state index >= 15 is 0 Å². The molecule has 0 aliphatic carbocycles. The highest BCUT2D eigenvalue weighted by Crippen LogP contribution is 2.17. The van der Waals surface area contributed by atoms with E-state index in [1.807, 2.05) is 11.8 Å². The molecule has 0 aliphatic heterocycles. The molecule has 0 aromatic heterocycles. The second-order valence-electron chi connectivity index (χ2n) is 5.10. The molecule has 0 aromatic carbocycles. The predicted octanol–water partition coefficient (Wildman–Crippen LogP) is 3.20. The van der Waals surface area contributed by atoms with E-state index in [0.717, 1.165) is 5.75 Å². The van der Waals surface area contributed by atoms with Crippen molar-refractivity contribution >= 4 is 32.5 Å². The highest BCUT2D eigenvalue weighted by molar-refractivity contribution is 7.99. The summed E-state index contributed by atoms with van der Waals surface area (Å²) in [6.45, 7) is 6.21. The molecule has 0 aliphatic rings. The lowest BCUT2D eigenvalue weighted by atomic mass is 10.4. The minimum atomic E-state index is -2.59. The third-order valence-corrected chi connectivity index (χ3v) is 6.94. The average molecular weight is 399 g/mol. The van der Waals surface area contributed by atoms with Gasteiger partial charge in [0.05, 0.1) is 6.61 Å². The first kappa shape index (κ1) is 26.6. The standard InChI is InChI=1S/C13H28O5SSi.C3H6O2/c1-5-6-10-19-11-9-18-20(15-3,16-4)12-7-8-17-13(2)14;1-2-3(4)5/h5-12H2,1-4H3;2H2,1H3,(H,4,5). The molecule has 0 rings (SSSR count). The monoisotopic (exact) mass is 398 g/mol. The van der Waals surface area contributed by atoms with Crippen LogP contribution in [0.15, 0.2) is 0 Å². The number of thioether (sulfide) groups is 1. The van der Waals surface area contributed by atoms with Gasteiger partial charge < -0.3 is 23.1 Å². The maximum atomic E-state index is 10.7. The van der Waals surface area contributed by atoms with Crippen molar-refractivity contribution in [2.75, 3.05) is 38.9 Å². The van der Waals surface area contributed by atoms with E-state index in [1.165, 1.54) is 25.5 Å². The zero-order valence-corrected chi connectivity index (χ0v) is 18.0. The molecular formula is C16H34O7SSi. The van der Waals surface area contributed by atoms with Crippen molar-refractivity contribution in [3.05, 3.63) is 0 Å². The molecule has 0 bridgehead atoms. The fraction of sp³-hybridized carbons (Fsp3) is 0.875. The Balaban J connectivity index is 0. The van der Waals surface area contributed by atoms with Crippen molar-refractivity contribution in [3.8, 4) is 0 Å². The van der Waals surface area contributed by atoms with Crippen LogP contribution < -0.4 is 0 Å². The Morgan fingerprint density at radius 3 is 2.08 bits per heavy atom. The van der Waals surface area contributed by atoms with Gasteiger partial charge in [0, 0.05) is 46.0 Å². The van der Waals surface area contributed by atoms with Gasteiger partial charge in [-0.15, -0.1) is 0 Å². The molecule has 0 fully saturated rings. The van der Waals surface area contributed by atoms with Crippen LogP contribution in [0.3, 0.4) is 0 Å². The molecule has 0 aromatic rings. The average Bonchev–Trinajstić information content (AvgIpc) is 2.60. The molecule has 0 unspecified atom stereocenters. The van der Waals surface area contributed by atoms with Crippen LogP contribution in [0.25, 0.3) is 0 Å². The summed E-state index contributed by atoms with van der Waals surface area (Å²) in [5.74, 6) is 1.11. The van der Waals surface area contributed by atoms with Crippen LogP contribution in [0.2, 0.25) is 6.04 Å². The maximum Gasteiger partial charge on any atom is 0.500 e. The first-order valence-electron chi connectivity index (χ1n) is 8.54. The predicted molar refractivity (Wildman–Crippen MR) is 102 cm³/mol. The summed E-state index contributed by atoms with van der Waals surface area (Å²) in [5, 5.41) is 7.72. The molecule has 0 saturated heterocycles. The molecular weight excluding hydrogens is 364 g/mol. The molecule has 0 radical (unpaired) electrons. The Labute approximate surface area is 157 Å². The summed E-state index contributed by atoms with van der Waals surface area (Å²) in [4.78, 5) is 20.1. The number of unbranched alkanes of at least 4 members (excludes halogenated alkanes) is 1. The zero-order valence-electron chi connectivity index (χ0n) is 16.2. The highest BCUT2D eigenvalue weighted by atomic mass is 32.2. The van der Waals surface area contributed by atoms with Crippen LogP contribution in [-0.4, -0.2) is 64.8 Å². The SMILES string of the molecule is CCC(=O)O.CCCCSCCO[Si](CCCOC(C)=O)(OC)OC. The lowest BCUT2D eigenvalue weighted by molar-refractivity contribution is -0.141. The van der Waals surface area contributed by atoms with Crippen LogP contribution in [0.4, 0.5) is 0 Å². The molecule has 7 nitrogen and oxygen atoms in total. The third-order valence-electron chi connectivity index (χ3n) is 3.05. The van der Waals surface area contributed by atoms with E-state index in [4.69, 9.17) is 23.1 Å².